The maximum absolute atomic E-state index is 12.3. The van der Waals surface area contributed by atoms with E-state index in [9.17, 15) is 4.79 Å². The van der Waals surface area contributed by atoms with E-state index < -0.39 is 0 Å². The number of ether oxygens (including phenoxy) is 1. The molecule has 0 radical (unpaired) electrons. The molecule has 106 valence electrons. The zero-order valence-corrected chi connectivity index (χ0v) is 13.0. The molecule has 0 aromatic rings. The van der Waals surface area contributed by atoms with Gasteiger partial charge in [-0.1, -0.05) is 19.3 Å². The number of carbonyl (C=O) groups excluding carboxylic acids is 1. The van der Waals surface area contributed by atoms with Crippen LogP contribution in [0.5, 0.6) is 0 Å². The van der Waals surface area contributed by atoms with Crippen LogP contribution >= 0.6 is 0 Å². The first kappa shape index (κ1) is 15.5. The van der Waals surface area contributed by atoms with Gasteiger partial charge in [-0.25, -0.2) is 4.48 Å². The van der Waals surface area contributed by atoms with Crippen LogP contribution in [0.1, 0.15) is 59.8 Å². The zero-order chi connectivity index (χ0) is 14.0. The number of nitrogens with zero attached hydrogens (tertiary/aromatic N) is 1. The van der Waals surface area contributed by atoms with E-state index in [2.05, 4.69) is 27.7 Å². The predicted octanol–water partition coefficient (Wildman–Crippen LogP) is 3.97. The Kier molecular flexibility index (Phi) is 4.82. The van der Waals surface area contributed by atoms with Crippen molar-refractivity contribution >= 4 is 6.09 Å². The lowest BCUT2D eigenvalue weighted by Crippen LogP contribution is -2.54. The van der Waals surface area contributed by atoms with Gasteiger partial charge in [0.25, 0.3) is 0 Å². The summed E-state index contributed by atoms with van der Waals surface area (Å²) in [7, 11) is 3.84. The van der Waals surface area contributed by atoms with Crippen molar-refractivity contribution in [2.24, 2.45) is 5.92 Å². The molecular formula is C15H30NO2+. The summed E-state index contributed by atoms with van der Waals surface area (Å²) in [5.41, 5.74) is -0.331. The van der Waals surface area contributed by atoms with E-state index in [0.29, 0.717) is 5.92 Å². The largest absolute Gasteiger partial charge is 0.516 e. The van der Waals surface area contributed by atoms with E-state index in [-0.39, 0.29) is 22.2 Å². The summed E-state index contributed by atoms with van der Waals surface area (Å²) in [4.78, 5) is 12.3. The average Bonchev–Trinajstić information content (AvgIpc) is 2.29. The van der Waals surface area contributed by atoms with Gasteiger partial charge in [0.2, 0.25) is 0 Å². The molecule has 0 N–H and O–H groups in total. The molecule has 3 heteroatoms. The van der Waals surface area contributed by atoms with Gasteiger partial charge < -0.3 is 4.74 Å². The molecule has 18 heavy (non-hydrogen) atoms. The molecule has 0 spiro atoms. The van der Waals surface area contributed by atoms with E-state index in [1.807, 2.05) is 14.1 Å². The highest BCUT2D eigenvalue weighted by atomic mass is 16.6. The molecule has 1 aliphatic rings. The molecular weight excluding hydrogens is 226 g/mol. The maximum atomic E-state index is 12.3. The Morgan fingerprint density at radius 3 is 2.11 bits per heavy atom. The molecule has 0 heterocycles. The van der Waals surface area contributed by atoms with E-state index >= 15 is 0 Å². The molecule has 1 amide bonds. The number of rotatable bonds is 3. The molecule has 3 nitrogen and oxygen atoms in total. The highest BCUT2D eigenvalue weighted by molar-refractivity contribution is 5.60. The molecule has 0 aliphatic heterocycles. The summed E-state index contributed by atoms with van der Waals surface area (Å²) in [6.45, 7) is 8.24. The highest BCUT2D eigenvalue weighted by Crippen LogP contribution is 2.35. The van der Waals surface area contributed by atoms with Gasteiger partial charge in [0.1, 0.15) is 5.60 Å². The van der Waals surface area contributed by atoms with Crippen LogP contribution in [-0.4, -0.2) is 36.3 Å². The van der Waals surface area contributed by atoms with Gasteiger partial charge in [0, 0.05) is 0 Å². The second-order valence-corrected chi connectivity index (χ2v) is 6.94. The predicted molar refractivity (Wildman–Crippen MR) is 74.4 cm³/mol. The minimum atomic E-state index is -0.331. The molecule has 0 unspecified atom stereocenters. The fourth-order valence-corrected chi connectivity index (χ4v) is 2.43. The number of carbonyl (C=O) groups is 1. The lowest BCUT2D eigenvalue weighted by molar-refractivity contribution is -0.840. The first-order chi connectivity index (χ1) is 8.18. The van der Waals surface area contributed by atoms with Crippen molar-refractivity contribution in [3.8, 4) is 0 Å². The van der Waals surface area contributed by atoms with Crippen molar-refractivity contribution in [3.05, 3.63) is 0 Å². The van der Waals surface area contributed by atoms with E-state index in [1.54, 1.807) is 0 Å². The van der Waals surface area contributed by atoms with Crippen molar-refractivity contribution in [2.75, 3.05) is 14.1 Å². The van der Waals surface area contributed by atoms with Crippen LogP contribution in [-0.2, 0) is 4.74 Å². The Hall–Kier alpha value is -0.570. The molecule has 1 saturated carbocycles. The summed E-state index contributed by atoms with van der Waals surface area (Å²) in [6, 6.07) is 0.236. The smallest absolute Gasteiger partial charge is 0.414 e. The molecule has 0 saturated heterocycles. The number of quaternary nitrogens is 1. The monoisotopic (exact) mass is 256 g/mol. The van der Waals surface area contributed by atoms with Gasteiger partial charge in [-0.15, -0.1) is 0 Å². The third-order valence-electron chi connectivity index (χ3n) is 4.70. The van der Waals surface area contributed by atoms with Gasteiger partial charge in [0.05, 0.1) is 20.1 Å². The van der Waals surface area contributed by atoms with Gasteiger partial charge >= 0.3 is 6.09 Å². The summed E-state index contributed by atoms with van der Waals surface area (Å²) >= 11 is 0. The van der Waals surface area contributed by atoms with Crippen LogP contribution in [0, 0.1) is 5.92 Å². The lowest BCUT2D eigenvalue weighted by Gasteiger charge is -2.39. The lowest BCUT2D eigenvalue weighted by atomic mass is 9.79. The number of hydrogen-bond acceptors (Lipinski definition) is 2. The van der Waals surface area contributed by atoms with Gasteiger partial charge in [0.15, 0.2) is 0 Å². The zero-order valence-electron chi connectivity index (χ0n) is 13.0. The third-order valence-corrected chi connectivity index (χ3v) is 4.70. The third kappa shape index (κ3) is 3.47. The van der Waals surface area contributed by atoms with E-state index in [1.165, 1.54) is 32.1 Å². The van der Waals surface area contributed by atoms with Gasteiger partial charge in [-0.2, -0.15) is 4.79 Å². The van der Waals surface area contributed by atoms with Crippen LogP contribution in [0.15, 0.2) is 0 Å². The van der Waals surface area contributed by atoms with Crippen LogP contribution in [0.4, 0.5) is 4.79 Å². The Labute approximate surface area is 112 Å². The van der Waals surface area contributed by atoms with Crippen molar-refractivity contribution in [2.45, 2.75) is 71.4 Å². The van der Waals surface area contributed by atoms with Crippen LogP contribution in [0.2, 0.25) is 0 Å². The quantitative estimate of drug-likeness (QED) is 0.714. The van der Waals surface area contributed by atoms with Crippen LogP contribution in [0.25, 0.3) is 0 Å². The normalized spacial score (nSPS) is 19.1. The Balaban J connectivity index is 2.67. The Bertz CT molecular complexity index is 289. The SMILES string of the molecule is CC(C)[N+](C)(C)C(=O)OC(C)(C)C1CCCCC1. The minimum Gasteiger partial charge on any atom is -0.414 e. The molecule has 1 rings (SSSR count). The van der Waals surface area contributed by atoms with E-state index in [0.717, 1.165) is 0 Å². The first-order valence-electron chi connectivity index (χ1n) is 7.25. The minimum absolute atomic E-state index is 0.111. The first-order valence-corrected chi connectivity index (χ1v) is 7.25. The number of hydrogen-bond donors (Lipinski definition) is 0. The molecule has 1 fully saturated rings. The summed E-state index contributed by atoms with van der Waals surface area (Å²) in [6.07, 6.45) is 6.14. The summed E-state index contributed by atoms with van der Waals surface area (Å²) in [5.74, 6) is 0.516. The fraction of sp³-hybridized carbons (Fsp3) is 0.933. The van der Waals surface area contributed by atoms with Gasteiger partial charge in [-0.05, 0) is 46.5 Å². The van der Waals surface area contributed by atoms with Crippen molar-refractivity contribution in [1.29, 1.82) is 0 Å². The highest BCUT2D eigenvalue weighted by Gasteiger charge is 2.40. The standard InChI is InChI=1S/C15H30NO2/c1-12(2)16(5,6)14(17)18-15(3,4)13-10-8-7-9-11-13/h12-13H,7-11H2,1-6H3/q+1. The van der Waals surface area contributed by atoms with Crippen LogP contribution < -0.4 is 0 Å². The topological polar surface area (TPSA) is 26.3 Å². The van der Waals surface area contributed by atoms with Crippen molar-refractivity contribution in [3.63, 3.8) is 0 Å². The van der Waals surface area contributed by atoms with Crippen LogP contribution in [0.3, 0.4) is 0 Å². The molecule has 1 aliphatic carbocycles. The van der Waals surface area contributed by atoms with Crippen molar-refractivity contribution < 1.29 is 14.0 Å². The summed E-state index contributed by atoms with van der Waals surface area (Å²) < 4.78 is 6.12. The number of amides is 1. The Morgan fingerprint density at radius 1 is 1.17 bits per heavy atom. The molecule has 0 atom stereocenters. The molecule has 0 aromatic carbocycles. The summed E-state index contributed by atoms with van der Waals surface area (Å²) in [5, 5.41) is 0. The van der Waals surface area contributed by atoms with Gasteiger partial charge in [-0.3, -0.25) is 0 Å². The fourth-order valence-electron chi connectivity index (χ4n) is 2.43. The van der Waals surface area contributed by atoms with Crippen molar-refractivity contribution in [1.82, 2.24) is 0 Å². The molecule has 0 aromatic heterocycles. The second kappa shape index (κ2) is 5.60. The van der Waals surface area contributed by atoms with E-state index in [4.69, 9.17) is 4.74 Å². The second-order valence-electron chi connectivity index (χ2n) is 6.94. The Morgan fingerprint density at radius 2 is 1.67 bits per heavy atom. The maximum Gasteiger partial charge on any atom is 0.516 e. The average molecular weight is 256 g/mol. The molecule has 0 bridgehead atoms.